The molecule has 0 spiro atoms. The molecule has 7 nitrogen and oxygen atoms in total. The molecule has 0 saturated heterocycles. The molecule has 2 heterocycles. The normalized spacial score (nSPS) is 11.0. The maximum atomic E-state index is 13.3. The zero-order valence-corrected chi connectivity index (χ0v) is 13.7. The summed E-state index contributed by atoms with van der Waals surface area (Å²) in [5.41, 5.74) is 1.14. The number of fused-ring (bicyclic) bond motifs is 1. The van der Waals surface area contributed by atoms with Gasteiger partial charge in [-0.1, -0.05) is 12.1 Å². The van der Waals surface area contributed by atoms with Crippen molar-refractivity contribution in [3.8, 4) is 17.1 Å². The first-order valence-corrected chi connectivity index (χ1v) is 7.77. The van der Waals surface area contributed by atoms with Gasteiger partial charge in [0.1, 0.15) is 17.1 Å². The molecule has 0 fully saturated rings. The summed E-state index contributed by atoms with van der Waals surface area (Å²) >= 11 is 0. The van der Waals surface area contributed by atoms with Crippen LogP contribution in [0.2, 0.25) is 0 Å². The van der Waals surface area contributed by atoms with E-state index in [2.05, 4.69) is 15.4 Å². The Morgan fingerprint density at radius 2 is 2.08 bits per heavy atom. The van der Waals surface area contributed by atoms with E-state index in [-0.39, 0.29) is 12.4 Å². The van der Waals surface area contributed by atoms with Gasteiger partial charge < -0.3 is 9.15 Å². The van der Waals surface area contributed by atoms with Crippen molar-refractivity contribution in [1.29, 1.82) is 0 Å². The van der Waals surface area contributed by atoms with Crippen molar-refractivity contribution >= 4 is 11.0 Å². The molecule has 0 amide bonds. The predicted octanol–water partition coefficient (Wildman–Crippen LogP) is 2.64. The summed E-state index contributed by atoms with van der Waals surface area (Å²) in [4.78, 5) is 13.2. The first-order valence-electron chi connectivity index (χ1n) is 7.77. The third-order valence-corrected chi connectivity index (χ3v) is 3.88. The smallest absolute Gasteiger partial charge is 0.336 e. The first kappa shape index (κ1) is 15.9. The van der Waals surface area contributed by atoms with Crippen molar-refractivity contribution in [2.75, 3.05) is 7.11 Å². The van der Waals surface area contributed by atoms with Crippen LogP contribution in [0.1, 0.15) is 5.56 Å². The average Bonchev–Trinajstić information content (AvgIpc) is 3.09. The van der Waals surface area contributed by atoms with Crippen molar-refractivity contribution in [2.45, 2.75) is 6.54 Å². The number of tetrazole rings is 1. The third-order valence-electron chi connectivity index (χ3n) is 3.88. The molecule has 2 aromatic carbocycles. The number of methoxy groups -OCH3 is 1. The number of ether oxygens (including phenoxy) is 1. The largest absolute Gasteiger partial charge is 0.497 e. The zero-order chi connectivity index (χ0) is 18.1. The van der Waals surface area contributed by atoms with Gasteiger partial charge in [-0.2, -0.15) is 4.80 Å². The van der Waals surface area contributed by atoms with Crippen LogP contribution in [0.5, 0.6) is 5.75 Å². The van der Waals surface area contributed by atoms with Crippen molar-refractivity contribution in [3.63, 3.8) is 0 Å². The van der Waals surface area contributed by atoms with E-state index in [1.54, 1.807) is 30.3 Å². The summed E-state index contributed by atoms with van der Waals surface area (Å²) in [6, 6.07) is 12.6. The molecule has 0 unspecified atom stereocenters. The van der Waals surface area contributed by atoms with E-state index in [9.17, 15) is 9.18 Å². The highest BCUT2D eigenvalue weighted by Crippen LogP contribution is 2.23. The van der Waals surface area contributed by atoms with Gasteiger partial charge in [-0.05, 0) is 35.0 Å². The Kier molecular flexibility index (Phi) is 3.92. The van der Waals surface area contributed by atoms with Crippen LogP contribution in [-0.2, 0) is 6.54 Å². The lowest BCUT2D eigenvalue weighted by atomic mass is 10.1. The molecule has 8 heteroatoms. The summed E-state index contributed by atoms with van der Waals surface area (Å²) in [6.07, 6.45) is 0. The number of nitrogens with zero attached hydrogens (tertiary/aromatic N) is 4. The van der Waals surface area contributed by atoms with Crippen molar-refractivity contribution in [2.24, 2.45) is 0 Å². The van der Waals surface area contributed by atoms with E-state index >= 15 is 0 Å². The molecular weight excluding hydrogens is 339 g/mol. The Morgan fingerprint density at radius 1 is 1.19 bits per heavy atom. The summed E-state index contributed by atoms with van der Waals surface area (Å²) in [6.45, 7) is 0.219. The highest BCUT2D eigenvalue weighted by atomic mass is 19.1. The summed E-state index contributed by atoms with van der Waals surface area (Å²) in [5.74, 6) is 0.517. The maximum absolute atomic E-state index is 13.3. The van der Waals surface area contributed by atoms with E-state index in [1.165, 1.54) is 30.1 Å². The van der Waals surface area contributed by atoms with E-state index in [1.807, 2.05) is 0 Å². The van der Waals surface area contributed by atoms with Crippen molar-refractivity contribution in [3.05, 3.63) is 70.3 Å². The van der Waals surface area contributed by atoms with Gasteiger partial charge in [-0.3, -0.25) is 0 Å². The molecular formula is C18H13FN4O3. The van der Waals surface area contributed by atoms with Gasteiger partial charge in [0, 0.05) is 23.1 Å². The van der Waals surface area contributed by atoms with Crippen LogP contribution in [0.25, 0.3) is 22.4 Å². The SMILES string of the molecule is COc1ccc2c(Cn3nnc(-c4cccc(F)c4)n3)cc(=O)oc2c1. The number of rotatable bonds is 4. The molecule has 0 saturated carbocycles. The lowest BCUT2D eigenvalue weighted by molar-refractivity contribution is 0.414. The van der Waals surface area contributed by atoms with Gasteiger partial charge in [0.05, 0.1) is 13.7 Å². The first-order chi connectivity index (χ1) is 12.6. The molecule has 26 heavy (non-hydrogen) atoms. The van der Waals surface area contributed by atoms with Gasteiger partial charge in [0.2, 0.25) is 5.82 Å². The Labute approximate surface area is 146 Å². The van der Waals surface area contributed by atoms with Crippen LogP contribution in [0.3, 0.4) is 0 Å². The maximum Gasteiger partial charge on any atom is 0.336 e. The molecule has 0 aliphatic heterocycles. The Morgan fingerprint density at radius 3 is 2.88 bits per heavy atom. The highest BCUT2D eigenvalue weighted by molar-refractivity contribution is 5.81. The second-order valence-electron chi connectivity index (χ2n) is 5.61. The van der Waals surface area contributed by atoms with Crippen LogP contribution in [0.15, 0.2) is 57.7 Å². The van der Waals surface area contributed by atoms with Gasteiger partial charge >= 0.3 is 5.63 Å². The fraction of sp³-hybridized carbons (Fsp3) is 0.111. The molecule has 0 N–H and O–H groups in total. The Balaban J connectivity index is 1.71. The second kappa shape index (κ2) is 6.40. The fourth-order valence-corrected chi connectivity index (χ4v) is 2.67. The Bertz CT molecular complexity index is 1150. The van der Waals surface area contributed by atoms with Gasteiger partial charge in [-0.15, -0.1) is 10.2 Å². The summed E-state index contributed by atoms with van der Waals surface area (Å²) in [7, 11) is 1.54. The molecule has 0 aliphatic carbocycles. The van der Waals surface area contributed by atoms with Crippen LogP contribution in [-0.4, -0.2) is 27.3 Å². The van der Waals surface area contributed by atoms with Gasteiger partial charge in [-0.25, -0.2) is 9.18 Å². The molecule has 0 aliphatic rings. The summed E-state index contributed by atoms with van der Waals surface area (Å²) in [5, 5.41) is 12.9. The minimum Gasteiger partial charge on any atom is -0.497 e. The van der Waals surface area contributed by atoms with E-state index in [0.717, 1.165) is 5.39 Å². The average molecular weight is 352 g/mol. The molecule has 0 atom stereocenters. The second-order valence-corrected chi connectivity index (χ2v) is 5.61. The lowest BCUT2D eigenvalue weighted by Gasteiger charge is -2.06. The highest BCUT2D eigenvalue weighted by Gasteiger charge is 2.11. The van der Waals surface area contributed by atoms with E-state index in [0.29, 0.717) is 28.3 Å². The quantitative estimate of drug-likeness (QED) is 0.525. The molecule has 0 radical (unpaired) electrons. The Hall–Kier alpha value is -3.55. The molecule has 4 aromatic rings. The molecule has 130 valence electrons. The molecule has 0 bridgehead atoms. The van der Waals surface area contributed by atoms with E-state index in [4.69, 9.17) is 9.15 Å². The van der Waals surface area contributed by atoms with Crippen LogP contribution < -0.4 is 10.4 Å². The standard InChI is InChI=1S/C18H13FN4O3/c1-25-14-5-6-15-12(8-17(24)26-16(15)9-14)10-23-21-18(20-22-23)11-3-2-4-13(19)7-11/h2-9H,10H2,1H3. The minimum atomic E-state index is -0.480. The monoisotopic (exact) mass is 352 g/mol. The number of aromatic nitrogens is 4. The van der Waals surface area contributed by atoms with Crippen molar-refractivity contribution in [1.82, 2.24) is 20.2 Å². The number of halogens is 1. The topological polar surface area (TPSA) is 83.0 Å². The minimum absolute atomic E-state index is 0.219. The third kappa shape index (κ3) is 3.04. The van der Waals surface area contributed by atoms with Gasteiger partial charge in [0.25, 0.3) is 0 Å². The van der Waals surface area contributed by atoms with Crippen LogP contribution in [0.4, 0.5) is 4.39 Å². The lowest BCUT2D eigenvalue weighted by Crippen LogP contribution is -2.08. The van der Waals surface area contributed by atoms with E-state index < -0.39 is 5.63 Å². The number of hydrogen-bond donors (Lipinski definition) is 0. The summed E-state index contributed by atoms with van der Waals surface area (Å²) < 4.78 is 23.7. The zero-order valence-electron chi connectivity index (χ0n) is 13.7. The fourth-order valence-electron chi connectivity index (χ4n) is 2.67. The van der Waals surface area contributed by atoms with Crippen LogP contribution in [0, 0.1) is 5.82 Å². The van der Waals surface area contributed by atoms with Crippen LogP contribution >= 0.6 is 0 Å². The molecule has 2 aromatic heterocycles. The molecule has 4 rings (SSSR count). The predicted molar refractivity (Wildman–Crippen MR) is 91.3 cm³/mol. The number of benzene rings is 2. The van der Waals surface area contributed by atoms with Crippen molar-refractivity contribution < 1.29 is 13.5 Å². The van der Waals surface area contributed by atoms with Gasteiger partial charge in [0.15, 0.2) is 0 Å². The number of hydrogen-bond acceptors (Lipinski definition) is 6.